The summed E-state index contributed by atoms with van der Waals surface area (Å²) < 4.78 is 24.4. The van der Waals surface area contributed by atoms with Crippen LogP contribution in [-0.4, -0.2) is 8.42 Å². The summed E-state index contributed by atoms with van der Waals surface area (Å²) in [7, 11) is -3.38. The van der Waals surface area contributed by atoms with Gasteiger partial charge in [-0.3, -0.25) is 0 Å². The first-order chi connectivity index (χ1) is 8.49. The summed E-state index contributed by atoms with van der Waals surface area (Å²) >= 11 is 0. The summed E-state index contributed by atoms with van der Waals surface area (Å²) in [6.07, 6.45) is 0. The minimum absolute atomic E-state index is 0.330. The Morgan fingerprint density at radius 3 is 2.11 bits per heavy atom. The highest BCUT2D eigenvalue weighted by Gasteiger charge is 2.16. The zero-order valence-electron chi connectivity index (χ0n) is 10.4. The molecule has 0 saturated carbocycles. The molecule has 0 unspecified atom stereocenters. The molecule has 0 aromatic heterocycles. The topological polar surface area (TPSA) is 34.1 Å². The van der Waals surface area contributed by atoms with E-state index in [2.05, 4.69) is 0 Å². The molecule has 0 amide bonds. The Morgan fingerprint density at radius 1 is 0.889 bits per heavy atom. The van der Waals surface area contributed by atoms with Crippen molar-refractivity contribution in [2.75, 3.05) is 0 Å². The number of hydrogen-bond donors (Lipinski definition) is 0. The van der Waals surface area contributed by atoms with Gasteiger partial charge in [0.05, 0.1) is 4.90 Å². The third-order valence-electron chi connectivity index (χ3n) is 2.82. The maximum Gasteiger partial charge on any atom is 0.187 e. The van der Waals surface area contributed by atoms with Gasteiger partial charge in [0, 0.05) is 0 Å². The molecule has 0 atom stereocenters. The van der Waals surface area contributed by atoms with Gasteiger partial charge in [0.2, 0.25) is 0 Å². The maximum atomic E-state index is 12.2. The van der Waals surface area contributed by atoms with Gasteiger partial charge in [-0.15, -0.1) is 0 Å². The highest BCUT2D eigenvalue weighted by Crippen LogP contribution is 2.20. The number of aryl methyl sites for hydroxylation is 2. The second-order valence-corrected chi connectivity index (χ2v) is 6.13. The molecule has 0 aliphatic rings. The fraction of sp³-hybridized carbons (Fsp3) is 0.133. The molecule has 0 N–H and O–H groups in total. The van der Waals surface area contributed by atoms with Gasteiger partial charge in [-0.05, 0) is 37.1 Å². The van der Waals surface area contributed by atoms with Crippen molar-refractivity contribution in [3.63, 3.8) is 0 Å². The van der Waals surface area contributed by atoms with Gasteiger partial charge >= 0.3 is 0 Å². The van der Waals surface area contributed by atoms with Crippen LogP contribution in [0.15, 0.2) is 53.4 Å². The number of hydrogen-bond acceptors (Lipinski definition) is 2. The Kier molecular flexibility index (Phi) is 3.53. The average Bonchev–Trinajstić information content (AvgIpc) is 2.32. The van der Waals surface area contributed by atoms with E-state index in [1.165, 1.54) is 5.75 Å². The summed E-state index contributed by atoms with van der Waals surface area (Å²) in [5, 5.41) is 0. The minimum Gasteiger partial charge on any atom is -0.223 e. The smallest absolute Gasteiger partial charge is 0.187 e. The summed E-state index contributed by atoms with van der Waals surface area (Å²) in [5.41, 5.74) is 2.73. The Bertz CT molecular complexity index is 640. The van der Waals surface area contributed by atoms with Gasteiger partial charge in [-0.25, -0.2) is 8.42 Å². The molecule has 0 fully saturated rings. The van der Waals surface area contributed by atoms with Gasteiger partial charge in [-0.1, -0.05) is 42.0 Å². The van der Waals surface area contributed by atoms with E-state index in [1.807, 2.05) is 32.0 Å². The van der Waals surface area contributed by atoms with Crippen molar-refractivity contribution < 1.29 is 8.42 Å². The second kappa shape index (κ2) is 4.94. The molecule has 3 heteroatoms. The fourth-order valence-electron chi connectivity index (χ4n) is 1.68. The number of benzene rings is 2. The van der Waals surface area contributed by atoms with Gasteiger partial charge in [0.1, 0.15) is 5.75 Å². The van der Waals surface area contributed by atoms with Crippen LogP contribution in [0.5, 0.6) is 0 Å². The molecule has 93 valence electrons. The first kappa shape index (κ1) is 12.8. The van der Waals surface area contributed by atoms with E-state index in [-0.39, 0.29) is 0 Å². The first-order valence-electron chi connectivity index (χ1n) is 5.71. The lowest BCUT2D eigenvalue weighted by molar-refractivity contribution is 0.602. The monoisotopic (exact) mass is 259 g/mol. The SMILES string of the molecule is Cc1ccc(S(=O)(=O)[CH]c2ccccc2C)cc1. The molecular formula is C15H15O2S. The van der Waals surface area contributed by atoms with Crippen molar-refractivity contribution in [1.82, 2.24) is 0 Å². The van der Waals surface area contributed by atoms with Crippen LogP contribution >= 0.6 is 0 Å². The summed E-state index contributed by atoms with van der Waals surface area (Å²) in [5.74, 6) is 1.33. The van der Waals surface area contributed by atoms with Crippen molar-refractivity contribution >= 4 is 9.84 Å². The molecule has 18 heavy (non-hydrogen) atoms. The third-order valence-corrected chi connectivity index (χ3v) is 4.31. The van der Waals surface area contributed by atoms with Crippen LogP contribution in [0, 0.1) is 19.6 Å². The highest BCUT2D eigenvalue weighted by molar-refractivity contribution is 7.93. The van der Waals surface area contributed by atoms with Crippen molar-refractivity contribution in [2.45, 2.75) is 18.7 Å². The fourth-order valence-corrected chi connectivity index (χ4v) is 2.93. The molecule has 0 saturated heterocycles. The lowest BCUT2D eigenvalue weighted by Crippen LogP contribution is -2.03. The van der Waals surface area contributed by atoms with E-state index in [4.69, 9.17) is 0 Å². The molecular weight excluding hydrogens is 244 g/mol. The number of sulfone groups is 1. The molecule has 0 spiro atoms. The Balaban J connectivity index is 2.33. The van der Waals surface area contributed by atoms with Crippen LogP contribution in [-0.2, 0) is 9.84 Å². The molecule has 1 radical (unpaired) electrons. The second-order valence-electron chi connectivity index (χ2n) is 4.33. The molecule has 0 bridgehead atoms. The van der Waals surface area contributed by atoms with Crippen molar-refractivity contribution in [3.05, 3.63) is 71.0 Å². The van der Waals surface area contributed by atoms with Gasteiger partial charge in [0.25, 0.3) is 0 Å². The minimum atomic E-state index is -3.38. The molecule has 2 rings (SSSR count). The van der Waals surface area contributed by atoms with Crippen molar-refractivity contribution in [2.24, 2.45) is 0 Å². The Morgan fingerprint density at radius 2 is 1.50 bits per heavy atom. The standard InChI is InChI=1S/C15H15O2S/c1-12-7-9-15(10-8-12)18(16,17)11-14-6-4-3-5-13(14)2/h3-11H,1-2H3. The molecule has 2 aromatic carbocycles. The van der Waals surface area contributed by atoms with E-state index >= 15 is 0 Å². The van der Waals surface area contributed by atoms with E-state index in [1.54, 1.807) is 30.3 Å². The van der Waals surface area contributed by atoms with E-state index in [9.17, 15) is 8.42 Å². The zero-order chi connectivity index (χ0) is 13.2. The molecule has 2 aromatic rings. The van der Waals surface area contributed by atoms with E-state index in [0.717, 1.165) is 16.7 Å². The normalized spacial score (nSPS) is 11.4. The Hall–Kier alpha value is -1.61. The van der Waals surface area contributed by atoms with Crippen molar-refractivity contribution in [1.29, 1.82) is 0 Å². The predicted octanol–water partition coefficient (Wildman–Crippen LogP) is 3.29. The summed E-state index contributed by atoms with van der Waals surface area (Å²) in [4.78, 5) is 0.330. The predicted molar refractivity (Wildman–Crippen MR) is 72.9 cm³/mol. The van der Waals surface area contributed by atoms with Crippen LogP contribution in [0.4, 0.5) is 0 Å². The zero-order valence-corrected chi connectivity index (χ0v) is 11.2. The Labute approximate surface area is 108 Å². The lowest BCUT2D eigenvalue weighted by Gasteiger charge is -2.07. The van der Waals surface area contributed by atoms with Gasteiger partial charge in [-0.2, -0.15) is 0 Å². The number of rotatable bonds is 3. The largest absolute Gasteiger partial charge is 0.223 e. The van der Waals surface area contributed by atoms with E-state index < -0.39 is 9.84 Å². The van der Waals surface area contributed by atoms with Crippen LogP contribution in [0.1, 0.15) is 16.7 Å². The molecule has 0 heterocycles. The van der Waals surface area contributed by atoms with Crippen LogP contribution in [0.25, 0.3) is 0 Å². The highest BCUT2D eigenvalue weighted by atomic mass is 32.2. The van der Waals surface area contributed by atoms with Crippen LogP contribution < -0.4 is 0 Å². The maximum absolute atomic E-state index is 12.2. The summed E-state index contributed by atoms with van der Waals surface area (Å²) in [6, 6.07) is 14.3. The van der Waals surface area contributed by atoms with Crippen LogP contribution in [0.3, 0.4) is 0 Å². The van der Waals surface area contributed by atoms with Crippen molar-refractivity contribution in [3.8, 4) is 0 Å². The summed E-state index contributed by atoms with van der Waals surface area (Å²) in [6.45, 7) is 3.83. The molecule has 2 nitrogen and oxygen atoms in total. The first-order valence-corrected chi connectivity index (χ1v) is 7.26. The lowest BCUT2D eigenvalue weighted by atomic mass is 10.1. The quantitative estimate of drug-likeness (QED) is 0.847. The average molecular weight is 259 g/mol. The van der Waals surface area contributed by atoms with Gasteiger partial charge < -0.3 is 0 Å². The van der Waals surface area contributed by atoms with Gasteiger partial charge in [0.15, 0.2) is 9.84 Å². The molecule has 0 aliphatic carbocycles. The molecule has 0 aliphatic heterocycles. The van der Waals surface area contributed by atoms with E-state index in [0.29, 0.717) is 4.90 Å². The third kappa shape index (κ3) is 2.79. The van der Waals surface area contributed by atoms with Crippen LogP contribution in [0.2, 0.25) is 0 Å².